The molecule has 1 N–H and O–H groups in total. The van der Waals surface area contributed by atoms with Gasteiger partial charge in [0, 0.05) is 0 Å². The van der Waals surface area contributed by atoms with E-state index in [9.17, 15) is 4.79 Å². The second kappa shape index (κ2) is 7.41. The van der Waals surface area contributed by atoms with E-state index in [4.69, 9.17) is 9.47 Å². The summed E-state index contributed by atoms with van der Waals surface area (Å²) in [5.41, 5.74) is 4.84. The molecule has 2 rings (SSSR count). The van der Waals surface area contributed by atoms with Gasteiger partial charge >= 0.3 is 6.09 Å². The molecular weight excluding hydrogens is 318 g/mol. The van der Waals surface area contributed by atoms with Gasteiger partial charge in [-0.25, -0.2) is 4.79 Å². The SMILES string of the molecule is CCOC(=O)Nc1ccc2cc(OC)ccc2c1C#C[Si](C)(C)C. The summed E-state index contributed by atoms with van der Waals surface area (Å²) in [4.78, 5) is 11.8. The Hall–Kier alpha value is -2.45. The van der Waals surface area contributed by atoms with Gasteiger partial charge in [0.1, 0.15) is 13.8 Å². The number of carbonyl (C=O) groups excluding carboxylic acids is 1. The lowest BCUT2D eigenvalue weighted by atomic mass is 10.0. The van der Waals surface area contributed by atoms with E-state index in [0.717, 1.165) is 22.1 Å². The summed E-state index contributed by atoms with van der Waals surface area (Å²) in [6.07, 6.45) is -0.471. The second-order valence-corrected chi connectivity index (χ2v) is 11.2. The van der Waals surface area contributed by atoms with Gasteiger partial charge in [0.25, 0.3) is 0 Å². The molecule has 0 aliphatic heterocycles. The van der Waals surface area contributed by atoms with Crippen molar-refractivity contribution in [3.05, 3.63) is 35.9 Å². The van der Waals surface area contributed by atoms with E-state index in [1.54, 1.807) is 14.0 Å². The van der Waals surface area contributed by atoms with Gasteiger partial charge in [-0.15, -0.1) is 5.54 Å². The molecule has 5 heteroatoms. The Labute approximate surface area is 144 Å². The van der Waals surface area contributed by atoms with Crippen LogP contribution in [-0.2, 0) is 4.74 Å². The molecule has 0 aliphatic rings. The standard InChI is InChI=1S/C19H23NO3Si/c1-6-23-19(21)20-18-10-7-14-13-15(22-2)8-9-16(14)17(18)11-12-24(3,4)5/h7-10,13H,6H2,1-5H3,(H,20,21). The van der Waals surface area contributed by atoms with Gasteiger partial charge in [-0.05, 0) is 42.0 Å². The lowest BCUT2D eigenvalue weighted by molar-refractivity contribution is 0.168. The molecular formula is C19H23NO3Si. The normalized spacial score (nSPS) is 10.7. The zero-order valence-corrected chi connectivity index (χ0v) is 15.8. The molecule has 0 saturated heterocycles. The Kier molecular flexibility index (Phi) is 5.53. The Morgan fingerprint density at radius 1 is 1.21 bits per heavy atom. The predicted octanol–water partition coefficient (Wildman–Crippen LogP) is 4.65. The second-order valence-electron chi connectivity index (χ2n) is 6.42. The van der Waals surface area contributed by atoms with E-state index in [1.807, 2.05) is 30.3 Å². The zero-order valence-electron chi connectivity index (χ0n) is 14.8. The van der Waals surface area contributed by atoms with Crippen molar-refractivity contribution in [2.24, 2.45) is 0 Å². The van der Waals surface area contributed by atoms with E-state index >= 15 is 0 Å². The largest absolute Gasteiger partial charge is 0.497 e. The highest BCUT2D eigenvalue weighted by Crippen LogP contribution is 2.29. The number of hydrogen-bond donors (Lipinski definition) is 1. The van der Waals surface area contributed by atoms with Crippen LogP contribution in [0.2, 0.25) is 19.6 Å². The summed E-state index contributed by atoms with van der Waals surface area (Å²) >= 11 is 0. The number of benzene rings is 2. The summed E-state index contributed by atoms with van der Waals surface area (Å²) in [5, 5.41) is 4.79. The third-order valence-corrected chi connectivity index (χ3v) is 4.18. The lowest BCUT2D eigenvalue weighted by Crippen LogP contribution is -2.17. The monoisotopic (exact) mass is 341 g/mol. The molecule has 0 fully saturated rings. The Balaban J connectivity index is 2.59. The quantitative estimate of drug-likeness (QED) is 0.653. The van der Waals surface area contributed by atoms with Crippen LogP contribution in [0.1, 0.15) is 12.5 Å². The minimum Gasteiger partial charge on any atom is -0.497 e. The van der Waals surface area contributed by atoms with Crippen LogP contribution in [-0.4, -0.2) is 27.9 Å². The molecule has 0 atom stereocenters. The van der Waals surface area contributed by atoms with E-state index < -0.39 is 14.2 Å². The molecule has 24 heavy (non-hydrogen) atoms. The first-order valence-corrected chi connectivity index (χ1v) is 11.4. The van der Waals surface area contributed by atoms with Crippen LogP contribution in [0.15, 0.2) is 30.3 Å². The molecule has 4 nitrogen and oxygen atoms in total. The number of rotatable bonds is 3. The molecule has 0 unspecified atom stereocenters. The zero-order chi connectivity index (χ0) is 17.7. The van der Waals surface area contributed by atoms with Crippen molar-refractivity contribution >= 4 is 30.6 Å². The van der Waals surface area contributed by atoms with Crippen molar-refractivity contribution < 1.29 is 14.3 Å². The smallest absolute Gasteiger partial charge is 0.411 e. The van der Waals surface area contributed by atoms with Gasteiger partial charge in [-0.1, -0.05) is 31.6 Å². The van der Waals surface area contributed by atoms with E-state index in [0.29, 0.717) is 12.3 Å². The highest BCUT2D eigenvalue weighted by Gasteiger charge is 2.12. The fourth-order valence-corrected chi connectivity index (χ4v) is 2.70. The minimum atomic E-state index is -1.55. The molecule has 0 spiro atoms. The first-order valence-electron chi connectivity index (χ1n) is 7.92. The number of methoxy groups -OCH3 is 1. The number of nitrogens with one attached hydrogen (secondary N) is 1. The number of carbonyl (C=O) groups is 1. The van der Waals surface area contributed by atoms with Crippen LogP contribution in [0.25, 0.3) is 10.8 Å². The molecule has 0 bridgehead atoms. The van der Waals surface area contributed by atoms with Gasteiger partial charge in [-0.2, -0.15) is 0 Å². The third-order valence-electron chi connectivity index (χ3n) is 3.30. The van der Waals surface area contributed by atoms with Crippen molar-refractivity contribution in [1.82, 2.24) is 0 Å². The number of anilines is 1. The first kappa shape index (κ1) is 17.9. The first-order chi connectivity index (χ1) is 11.3. The summed E-state index contributed by atoms with van der Waals surface area (Å²) in [6, 6.07) is 9.63. The Morgan fingerprint density at radius 2 is 1.96 bits per heavy atom. The molecule has 0 radical (unpaired) electrons. The summed E-state index contributed by atoms with van der Waals surface area (Å²) < 4.78 is 10.3. The number of hydrogen-bond acceptors (Lipinski definition) is 3. The highest BCUT2D eigenvalue weighted by atomic mass is 28.3. The molecule has 2 aromatic rings. The van der Waals surface area contributed by atoms with Crippen LogP contribution in [0, 0.1) is 11.5 Å². The van der Waals surface area contributed by atoms with Gasteiger partial charge in [-0.3, -0.25) is 5.32 Å². The van der Waals surface area contributed by atoms with E-state index in [2.05, 4.69) is 36.4 Å². The van der Waals surface area contributed by atoms with Crippen molar-refractivity contribution in [2.75, 3.05) is 19.0 Å². The Morgan fingerprint density at radius 3 is 2.58 bits per heavy atom. The fourth-order valence-electron chi connectivity index (χ4n) is 2.20. The predicted molar refractivity (Wildman–Crippen MR) is 101 cm³/mol. The van der Waals surface area contributed by atoms with E-state index in [-0.39, 0.29) is 0 Å². The van der Waals surface area contributed by atoms with Gasteiger partial charge in [0.05, 0.1) is 25.0 Å². The molecule has 0 aromatic heterocycles. The average Bonchev–Trinajstić information content (AvgIpc) is 2.52. The van der Waals surface area contributed by atoms with Crippen molar-refractivity contribution in [1.29, 1.82) is 0 Å². The maximum absolute atomic E-state index is 11.8. The number of amides is 1. The van der Waals surface area contributed by atoms with Crippen LogP contribution in [0.5, 0.6) is 5.75 Å². The molecule has 126 valence electrons. The van der Waals surface area contributed by atoms with Gasteiger partial charge in [0.2, 0.25) is 0 Å². The van der Waals surface area contributed by atoms with Crippen LogP contribution in [0.3, 0.4) is 0 Å². The maximum Gasteiger partial charge on any atom is 0.411 e. The highest BCUT2D eigenvalue weighted by molar-refractivity contribution is 6.83. The maximum atomic E-state index is 11.8. The summed E-state index contributed by atoms with van der Waals surface area (Å²) in [7, 11) is 0.0896. The van der Waals surface area contributed by atoms with Crippen LogP contribution in [0.4, 0.5) is 10.5 Å². The molecule has 0 aliphatic carbocycles. The Bertz CT molecular complexity index is 813. The number of ether oxygens (including phenoxy) is 2. The third kappa shape index (κ3) is 4.53. The summed E-state index contributed by atoms with van der Waals surface area (Å²) in [6.45, 7) is 8.66. The lowest BCUT2D eigenvalue weighted by Gasteiger charge is -2.12. The van der Waals surface area contributed by atoms with Gasteiger partial charge < -0.3 is 9.47 Å². The molecule has 2 aromatic carbocycles. The van der Waals surface area contributed by atoms with Crippen molar-refractivity contribution in [3.8, 4) is 17.2 Å². The molecule has 0 saturated carbocycles. The van der Waals surface area contributed by atoms with Gasteiger partial charge in [0.15, 0.2) is 0 Å². The average molecular weight is 341 g/mol. The molecule has 1 amide bonds. The topological polar surface area (TPSA) is 47.6 Å². The molecule has 0 heterocycles. The number of fused-ring (bicyclic) bond motifs is 1. The van der Waals surface area contributed by atoms with Crippen molar-refractivity contribution in [3.63, 3.8) is 0 Å². The van der Waals surface area contributed by atoms with E-state index in [1.165, 1.54) is 0 Å². The van der Waals surface area contributed by atoms with Crippen LogP contribution < -0.4 is 10.1 Å². The van der Waals surface area contributed by atoms with Crippen molar-refractivity contribution in [2.45, 2.75) is 26.6 Å². The minimum absolute atomic E-state index is 0.326. The summed E-state index contributed by atoms with van der Waals surface area (Å²) in [5.74, 6) is 4.07. The fraction of sp³-hybridized carbons (Fsp3) is 0.316. The van der Waals surface area contributed by atoms with Crippen LogP contribution >= 0.6 is 0 Å².